The molecule has 0 radical (unpaired) electrons. The van der Waals surface area contributed by atoms with E-state index in [2.05, 4.69) is 15.3 Å². The van der Waals surface area contributed by atoms with Gasteiger partial charge in [0.25, 0.3) is 0 Å². The minimum Gasteiger partial charge on any atom is -0.355 e. The van der Waals surface area contributed by atoms with Crippen LogP contribution in [-0.2, 0) is 20.5 Å². The van der Waals surface area contributed by atoms with Crippen molar-refractivity contribution in [1.82, 2.24) is 19.1 Å². The molecular formula is C11H17N5. The summed E-state index contributed by atoms with van der Waals surface area (Å²) < 4.78 is 4.03. The fourth-order valence-electron chi connectivity index (χ4n) is 1.70. The summed E-state index contributed by atoms with van der Waals surface area (Å²) in [7, 11) is 4.00. The van der Waals surface area contributed by atoms with Crippen LogP contribution in [0.1, 0.15) is 11.5 Å². The Morgan fingerprint density at radius 1 is 1.31 bits per heavy atom. The van der Waals surface area contributed by atoms with Gasteiger partial charge < -0.3 is 14.5 Å². The molecule has 0 spiro atoms. The maximum Gasteiger partial charge on any atom is 0.202 e. The number of hydrogen-bond donors (Lipinski definition) is 1. The summed E-state index contributed by atoms with van der Waals surface area (Å²) in [6.45, 7) is 2.83. The third-order valence-electron chi connectivity index (χ3n) is 2.55. The quantitative estimate of drug-likeness (QED) is 0.838. The zero-order valence-electron chi connectivity index (χ0n) is 9.94. The molecule has 0 aromatic carbocycles. The van der Waals surface area contributed by atoms with Crippen LogP contribution in [0.15, 0.2) is 18.6 Å². The Bertz CT molecular complexity index is 468. The second-order valence-electron chi connectivity index (χ2n) is 3.95. The average Bonchev–Trinajstić information content (AvgIpc) is 2.75. The molecule has 0 fully saturated rings. The predicted octanol–water partition coefficient (Wildman–Crippen LogP) is 1.12. The van der Waals surface area contributed by atoms with E-state index in [-0.39, 0.29) is 0 Å². The Labute approximate surface area is 95.1 Å². The van der Waals surface area contributed by atoms with Crippen molar-refractivity contribution in [1.29, 1.82) is 0 Å². The fourth-order valence-corrected chi connectivity index (χ4v) is 1.70. The highest BCUT2D eigenvalue weighted by molar-refractivity contribution is 5.28. The molecule has 86 valence electrons. The summed E-state index contributed by atoms with van der Waals surface area (Å²) >= 11 is 0. The molecule has 0 aliphatic carbocycles. The number of rotatable bonds is 4. The van der Waals surface area contributed by atoms with Crippen molar-refractivity contribution >= 4 is 5.95 Å². The van der Waals surface area contributed by atoms with Gasteiger partial charge in [0.05, 0.1) is 5.69 Å². The summed E-state index contributed by atoms with van der Waals surface area (Å²) in [6.07, 6.45) is 6.68. The number of aromatic nitrogens is 4. The molecule has 0 atom stereocenters. The maximum absolute atomic E-state index is 4.38. The van der Waals surface area contributed by atoms with Gasteiger partial charge in [0.1, 0.15) is 5.82 Å². The molecular weight excluding hydrogens is 202 g/mol. The van der Waals surface area contributed by atoms with Crippen molar-refractivity contribution in [2.45, 2.75) is 13.3 Å². The van der Waals surface area contributed by atoms with E-state index in [1.165, 1.54) is 0 Å². The normalized spacial score (nSPS) is 10.7. The van der Waals surface area contributed by atoms with Gasteiger partial charge in [-0.1, -0.05) is 0 Å². The lowest BCUT2D eigenvalue weighted by molar-refractivity contribution is 0.782. The number of nitrogens with zero attached hydrogens (tertiary/aromatic N) is 4. The zero-order valence-corrected chi connectivity index (χ0v) is 9.94. The fraction of sp³-hybridized carbons (Fsp3) is 0.455. The SMILES string of the molecule is Cc1cn(C)c(NCCc2nccn2C)n1. The van der Waals surface area contributed by atoms with Crippen molar-refractivity contribution in [3.05, 3.63) is 30.1 Å². The topological polar surface area (TPSA) is 47.7 Å². The number of hydrogen-bond acceptors (Lipinski definition) is 3. The monoisotopic (exact) mass is 219 g/mol. The van der Waals surface area contributed by atoms with Crippen LogP contribution >= 0.6 is 0 Å². The van der Waals surface area contributed by atoms with Crippen molar-refractivity contribution in [3.63, 3.8) is 0 Å². The van der Waals surface area contributed by atoms with E-state index in [1.54, 1.807) is 0 Å². The molecule has 0 aliphatic rings. The van der Waals surface area contributed by atoms with Gasteiger partial charge >= 0.3 is 0 Å². The van der Waals surface area contributed by atoms with Gasteiger partial charge in [0, 0.05) is 45.7 Å². The van der Waals surface area contributed by atoms with Crippen molar-refractivity contribution in [2.75, 3.05) is 11.9 Å². The minimum atomic E-state index is 0.842. The van der Waals surface area contributed by atoms with Crippen LogP contribution in [0.2, 0.25) is 0 Å². The summed E-state index contributed by atoms with van der Waals surface area (Å²) in [6, 6.07) is 0. The number of anilines is 1. The van der Waals surface area contributed by atoms with E-state index in [4.69, 9.17) is 0 Å². The molecule has 5 heteroatoms. The van der Waals surface area contributed by atoms with Gasteiger partial charge in [-0.25, -0.2) is 9.97 Å². The van der Waals surface area contributed by atoms with E-state index in [1.807, 2.05) is 48.7 Å². The first kappa shape index (κ1) is 10.7. The molecule has 2 aromatic heterocycles. The van der Waals surface area contributed by atoms with Crippen molar-refractivity contribution in [2.24, 2.45) is 14.1 Å². The van der Waals surface area contributed by atoms with Crippen LogP contribution in [-0.4, -0.2) is 25.6 Å². The third kappa shape index (κ3) is 2.24. The van der Waals surface area contributed by atoms with E-state index in [0.717, 1.165) is 30.4 Å². The summed E-state index contributed by atoms with van der Waals surface area (Å²) in [4.78, 5) is 8.65. The summed E-state index contributed by atoms with van der Waals surface area (Å²) in [5, 5.41) is 3.30. The van der Waals surface area contributed by atoms with Crippen molar-refractivity contribution in [3.8, 4) is 0 Å². The van der Waals surface area contributed by atoms with E-state index in [9.17, 15) is 0 Å². The predicted molar refractivity (Wildman–Crippen MR) is 63.3 cm³/mol. The Kier molecular flexibility index (Phi) is 2.94. The molecule has 0 bridgehead atoms. The molecule has 16 heavy (non-hydrogen) atoms. The number of nitrogens with one attached hydrogen (secondary N) is 1. The Morgan fingerprint density at radius 2 is 2.12 bits per heavy atom. The van der Waals surface area contributed by atoms with Crippen molar-refractivity contribution < 1.29 is 0 Å². The van der Waals surface area contributed by atoms with Crippen LogP contribution in [0.3, 0.4) is 0 Å². The standard InChI is InChI=1S/C11H17N5/c1-9-8-16(3)11(14-9)13-5-4-10-12-6-7-15(10)2/h6-8H,4-5H2,1-3H3,(H,13,14). The van der Waals surface area contributed by atoms with Crippen LogP contribution < -0.4 is 5.32 Å². The van der Waals surface area contributed by atoms with Crippen LogP contribution in [0.4, 0.5) is 5.95 Å². The highest BCUT2D eigenvalue weighted by atomic mass is 15.2. The molecule has 2 aromatic rings. The minimum absolute atomic E-state index is 0.842. The second-order valence-corrected chi connectivity index (χ2v) is 3.95. The second kappa shape index (κ2) is 4.38. The molecule has 2 heterocycles. The molecule has 1 N–H and O–H groups in total. The largest absolute Gasteiger partial charge is 0.355 e. The van der Waals surface area contributed by atoms with E-state index < -0.39 is 0 Å². The molecule has 0 aliphatic heterocycles. The molecule has 0 saturated carbocycles. The summed E-state index contributed by atoms with van der Waals surface area (Å²) in [5.41, 5.74) is 1.03. The van der Waals surface area contributed by atoms with E-state index >= 15 is 0 Å². The Balaban J connectivity index is 1.89. The molecule has 0 amide bonds. The zero-order chi connectivity index (χ0) is 11.5. The lowest BCUT2D eigenvalue weighted by atomic mass is 10.4. The lowest BCUT2D eigenvalue weighted by Crippen LogP contribution is -2.11. The first-order valence-electron chi connectivity index (χ1n) is 5.37. The lowest BCUT2D eigenvalue weighted by Gasteiger charge is -2.05. The highest BCUT2D eigenvalue weighted by Crippen LogP contribution is 2.05. The van der Waals surface area contributed by atoms with E-state index in [0.29, 0.717) is 0 Å². The van der Waals surface area contributed by atoms with Crippen LogP contribution in [0.5, 0.6) is 0 Å². The smallest absolute Gasteiger partial charge is 0.202 e. The Morgan fingerprint density at radius 3 is 2.69 bits per heavy atom. The van der Waals surface area contributed by atoms with Gasteiger partial charge in [0.15, 0.2) is 0 Å². The van der Waals surface area contributed by atoms with Crippen LogP contribution in [0.25, 0.3) is 0 Å². The van der Waals surface area contributed by atoms with Gasteiger partial charge in [-0.05, 0) is 6.92 Å². The Hall–Kier alpha value is -1.78. The van der Waals surface area contributed by atoms with Gasteiger partial charge in [-0.15, -0.1) is 0 Å². The van der Waals surface area contributed by atoms with Crippen LogP contribution in [0, 0.1) is 6.92 Å². The first-order chi connectivity index (χ1) is 7.66. The van der Waals surface area contributed by atoms with Gasteiger partial charge in [0.2, 0.25) is 5.95 Å². The molecule has 0 unspecified atom stereocenters. The van der Waals surface area contributed by atoms with Gasteiger partial charge in [-0.3, -0.25) is 0 Å². The number of aryl methyl sites for hydroxylation is 3. The first-order valence-corrected chi connectivity index (χ1v) is 5.37. The maximum atomic E-state index is 4.38. The average molecular weight is 219 g/mol. The molecule has 2 rings (SSSR count). The summed E-state index contributed by atoms with van der Waals surface area (Å²) in [5.74, 6) is 1.99. The number of imidazole rings is 2. The third-order valence-corrected chi connectivity index (χ3v) is 2.55. The molecule has 0 saturated heterocycles. The molecule has 5 nitrogen and oxygen atoms in total. The highest BCUT2D eigenvalue weighted by Gasteiger charge is 2.02. The van der Waals surface area contributed by atoms with Gasteiger partial charge in [-0.2, -0.15) is 0 Å².